The van der Waals surface area contributed by atoms with E-state index in [1.807, 2.05) is 37.3 Å². The standard InChI is InChI=1S/C23H29NO7/c1-3-29-16-30-15-19(13-18(14-28-2)23(26)27)24-22(25)17-9-11-21(12-10-17)31-20-7-5-4-6-8-20/h4-12,18-19H,3,13-16H2,1-2H3,(H,24,25)(H,26,27). The highest BCUT2D eigenvalue weighted by molar-refractivity contribution is 5.94. The lowest BCUT2D eigenvalue weighted by atomic mass is 10.0. The molecule has 0 heterocycles. The quantitative estimate of drug-likeness (QED) is 0.349. The fourth-order valence-electron chi connectivity index (χ4n) is 2.85. The molecular formula is C23H29NO7. The van der Waals surface area contributed by atoms with E-state index in [2.05, 4.69) is 5.32 Å². The summed E-state index contributed by atoms with van der Waals surface area (Å²) in [5.41, 5.74) is 0.425. The summed E-state index contributed by atoms with van der Waals surface area (Å²) in [5.74, 6) is -0.798. The zero-order valence-electron chi connectivity index (χ0n) is 17.8. The van der Waals surface area contributed by atoms with E-state index in [4.69, 9.17) is 18.9 Å². The topological polar surface area (TPSA) is 103 Å². The molecule has 0 saturated carbocycles. The predicted octanol–water partition coefficient (Wildman–Crippen LogP) is 3.33. The third-order valence-corrected chi connectivity index (χ3v) is 4.41. The fraction of sp³-hybridized carbons (Fsp3) is 0.391. The van der Waals surface area contributed by atoms with Crippen molar-refractivity contribution in [1.29, 1.82) is 0 Å². The highest BCUT2D eigenvalue weighted by atomic mass is 16.7. The molecule has 2 unspecified atom stereocenters. The number of methoxy groups -OCH3 is 1. The summed E-state index contributed by atoms with van der Waals surface area (Å²) < 4.78 is 21.3. The summed E-state index contributed by atoms with van der Waals surface area (Å²) in [6.45, 7) is 2.56. The van der Waals surface area contributed by atoms with E-state index < -0.39 is 17.9 Å². The molecule has 2 atom stereocenters. The van der Waals surface area contributed by atoms with Gasteiger partial charge in [-0.25, -0.2) is 0 Å². The van der Waals surface area contributed by atoms with Gasteiger partial charge >= 0.3 is 5.97 Å². The van der Waals surface area contributed by atoms with Crippen LogP contribution in [0.4, 0.5) is 0 Å². The molecule has 0 spiro atoms. The maximum absolute atomic E-state index is 12.7. The molecule has 0 aliphatic rings. The molecule has 2 rings (SSSR count). The first-order chi connectivity index (χ1) is 15.0. The fourth-order valence-corrected chi connectivity index (χ4v) is 2.85. The van der Waals surface area contributed by atoms with Crippen molar-refractivity contribution in [2.45, 2.75) is 19.4 Å². The number of hydrogen-bond donors (Lipinski definition) is 2. The summed E-state index contributed by atoms with van der Waals surface area (Å²) in [7, 11) is 1.44. The van der Waals surface area contributed by atoms with Gasteiger partial charge in [0, 0.05) is 19.3 Å². The summed E-state index contributed by atoms with van der Waals surface area (Å²) in [4.78, 5) is 24.2. The summed E-state index contributed by atoms with van der Waals surface area (Å²) in [5, 5.41) is 12.2. The van der Waals surface area contributed by atoms with Crippen LogP contribution in [0.25, 0.3) is 0 Å². The first kappa shape index (κ1) is 24.3. The Morgan fingerprint density at radius 2 is 1.65 bits per heavy atom. The molecular weight excluding hydrogens is 402 g/mol. The minimum Gasteiger partial charge on any atom is -0.481 e. The lowest BCUT2D eigenvalue weighted by Crippen LogP contribution is -2.41. The number of nitrogens with one attached hydrogen (secondary N) is 1. The normalized spacial score (nSPS) is 12.7. The summed E-state index contributed by atoms with van der Waals surface area (Å²) in [6, 6.07) is 15.5. The molecule has 0 aromatic heterocycles. The minimum atomic E-state index is -0.992. The van der Waals surface area contributed by atoms with Gasteiger partial charge in [0.05, 0.1) is 25.2 Å². The second kappa shape index (κ2) is 13.4. The number of hydrogen-bond acceptors (Lipinski definition) is 6. The van der Waals surface area contributed by atoms with E-state index in [0.717, 1.165) is 0 Å². The molecule has 0 fully saturated rings. The SMILES string of the molecule is CCOCOCC(CC(COC)C(=O)O)NC(=O)c1ccc(Oc2ccccc2)cc1. The molecule has 0 aliphatic carbocycles. The number of rotatable bonds is 14. The average Bonchev–Trinajstić information content (AvgIpc) is 2.77. The number of carbonyl (C=O) groups is 2. The third kappa shape index (κ3) is 8.75. The second-order valence-electron chi connectivity index (χ2n) is 6.82. The minimum absolute atomic E-state index is 0.0404. The molecule has 0 saturated heterocycles. The second-order valence-corrected chi connectivity index (χ2v) is 6.82. The Morgan fingerprint density at radius 3 is 2.26 bits per heavy atom. The maximum Gasteiger partial charge on any atom is 0.308 e. The van der Waals surface area contributed by atoms with E-state index in [-0.39, 0.29) is 32.3 Å². The predicted molar refractivity (Wildman–Crippen MR) is 114 cm³/mol. The smallest absolute Gasteiger partial charge is 0.308 e. The highest BCUT2D eigenvalue weighted by Crippen LogP contribution is 2.21. The van der Waals surface area contributed by atoms with E-state index in [9.17, 15) is 14.7 Å². The molecule has 0 aliphatic heterocycles. The van der Waals surface area contributed by atoms with Gasteiger partial charge < -0.3 is 29.4 Å². The Labute approximate surface area is 182 Å². The molecule has 0 bridgehead atoms. The van der Waals surface area contributed by atoms with Crippen molar-refractivity contribution in [2.24, 2.45) is 5.92 Å². The lowest BCUT2D eigenvalue weighted by molar-refractivity contribution is -0.144. The van der Waals surface area contributed by atoms with Crippen molar-refractivity contribution >= 4 is 11.9 Å². The van der Waals surface area contributed by atoms with Crippen LogP contribution in [-0.2, 0) is 19.0 Å². The van der Waals surface area contributed by atoms with E-state index in [1.54, 1.807) is 24.3 Å². The van der Waals surface area contributed by atoms with Gasteiger partial charge in [0.1, 0.15) is 18.3 Å². The number of carboxylic acids is 1. The van der Waals surface area contributed by atoms with Gasteiger partial charge in [-0.1, -0.05) is 18.2 Å². The molecule has 2 aromatic rings. The zero-order chi connectivity index (χ0) is 22.5. The van der Waals surface area contributed by atoms with Crippen LogP contribution in [0.2, 0.25) is 0 Å². The van der Waals surface area contributed by atoms with Crippen LogP contribution < -0.4 is 10.1 Å². The molecule has 8 heteroatoms. The molecule has 2 N–H and O–H groups in total. The van der Waals surface area contributed by atoms with Crippen molar-refractivity contribution in [3.63, 3.8) is 0 Å². The van der Waals surface area contributed by atoms with Gasteiger partial charge in [0.15, 0.2) is 0 Å². The first-order valence-corrected chi connectivity index (χ1v) is 10.0. The van der Waals surface area contributed by atoms with Crippen LogP contribution >= 0.6 is 0 Å². The number of carboxylic acid groups (broad SMARTS) is 1. The summed E-state index contributed by atoms with van der Waals surface area (Å²) in [6.07, 6.45) is 0.163. The molecule has 1 amide bonds. The van der Waals surface area contributed by atoms with Crippen LogP contribution in [0.3, 0.4) is 0 Å². The zero-order valence-corrected chi connectivity index (χ0v) is 17.8. The molecule has 168 valence electrons. The number of benzene rings is 2. The number of aliphatic carboxylic acids is 1. The van der Waals surface area contributed by atoms with Crippen molar-refractivity contribution in [2.75, 3.05) is 33.7 Å². The number of para-hydroxylation sites is 1. The Bertz CT molecular complexity index is 795. The summed E-state index contributed by atoms with van der Waals surface area (Å²) >= 11 is 0. The van der Waals surface area contributed by atoms with Crippen LogP contribution in [0.1, 0.15) is 23.7 Å². The van der Waals surface area contributed by atoms with E-state index in [0.29, 0.717) is 23.7 Å². The van der Waals surface area contributed by atoms with Crippen LogP contribution in [0, 0.1) is 5.92 Å². The van der Waals surface area contributed by atoms with Gasteiger partial charge in [0.25, 0.3) is 5.91 Å². The van der Waals surface area contributed by atoms with Crippen molar-refractivity contribution < 1.29 is 33.6 Å². The highest BCUT2D eigenvalue weighted by Gasteiger charge is 2.24. The average molecular weight is 431 g/mol. The monoisotopic (exact) mass is 431 g/mol. The van der Waals surface area contributed by atoms with Crippen LogP contribution in [0.5, 0.6) is 11.5 Å². The molecule has 31 heavy (non-hydrogen) atoms. The van der Waals surface area contributed by atoms with Crippen molar-refractivity contribution in [1.82, 2.24) is 5.32 Å². The Morgan fingerprint density at radius 1 is 0.968 bits per heavy atom. The molecule has 2 aromatic carbocycles. The van der Waals surface area contributed by atoms with E-state index >= 15 is 0 Å². The van der Waals surface area contributed by atoms with Gasteiger partial charge in [-0.05, 0) is 49.7 Å². The first-order valence-electron chi connectivity index (χ1n) is 10.0. The molecule has 8 nitrogen and oxygen atoms in total. The third-order valence-electron chi connectivity index (χ3n) is 4.41. The van der Waals surface area contributed by atoms with Crippen molar-refractivity contribution in [3.8, 4) is 11.5 Å². The van der Waals surface area contributed by atoms with E-state index in [1.165, 1.54) is 7.11 Å². The van der Waals surface area contributed by atoms with Crippen molar-refractivity contribution in [3.05, 3.63) is 60.2 Å². The van der Waals surface area contributed by atoms with Crippen LogP contribution in [-0.4, -0.2) is 56.7 Å². The maximum atomic E-state index is 12.7. The Balaban J connectivity index is 2.00. The Kier molecular flexibility index (Phi) is 10.5. The van der Waals surface area contributed by atoms with Gasteiger partial charge in [-0.15, -0.1) is 0 Å². The largest absolute Gasteiger partial charge is 0.481 e. The lowest BCUT2D eigenvalue weighted by Gasteiger charge is -2.22. The number of carbonyl (C=O) groups excluding carboxylic acids is 1. The van der Waals surface area contributed by atoms with Gasteiger partial charge in [0.2, 0.25) is 0 Å². The number of ether oxygens (including phenoxy) is 4. The number of amides is 1. The van der Waals surface area contributed by atoms with Crippen LogP contribution in [0.15, 0.2) is 54.6 Å². The van der Waals surface area contributed by atoms with Gasteiger partial charge in [-0.3, -0.25) is 9.59 Å². The van der Waals surface area contributed by atoms with Gasteiger partial charge in [-0.2, -0.15) is 0 Å². The Hall–Kier alpha value is -2.94. The molecule has 0 radical (unpaired) electrons.